The molecular weight excluding hydrogens is 356 g/mol. The first-order chi connectivity index (χ1) is 12.3. The number of phenols is 1. The number of phenolic OH excluding ortho intramolecular Hbond substituents is 1. The van der Waals surface area contributed by atoms with Gasteiger partial charge in [-0.05, 0) is 54.9 Å². The summed E-state index contributed by atoms with van der Waals surface area (Å²) in [4.78, 5) is 25.6. The quantitative estimate of drug-likeness (QED) is 0.669. The molecule has 3 N–H and O–H groups in total. The molecule has 0 aromatic heterocycles. The lowest BCUT2D eigenvalue weighted by atomic mass is 9.92. The number of carbonyl (C=O) groups excluding carboxylic acids is 1. The zero-order valence-corrected chi connectivity index (χ0v) is 18.8. The number of nitrogens with zero attached hydrogens (tertiary/aromatic N) is 1. The monoisotopic (exact) mass is 392 g/mol. The van der Waals surface area contributed by atoms with Crippen LogP contribution in [0.1, 0.15) is 46.1 Å². The van der Waals surface area contributed by atoms with Crippen LogP contribution in [0.3, 0.4) is 0 Å². The molecule has 5 nitrogen and oxygen atoms in total. The van der Waals surface area contributed by atoms with E-state index in [4.69, 9.17) is 0 Å². The SMILES string of the molecule is CC(C)[C@H]1C(=O)N[C@H](CCC(C)(C)[Si](C)(C)O)Cc2ccc(O)cc2N1C. The first-order valence-corrected chi connectivity index (χ1v) is 12.9. The Hall–Kier alpha value is -1.53. The molecule has 2 atom stereocenters. The van der Waals surface area contributed by atoms with Crippen molar-refractivity contribution >= 4 is 19.9 Å². The molecule has 0 radical (unpaired) electrons. The van der Waals surface area contributed by atoms with Crippen LogP contribution in [0, 0.1) is 5.92 Å². The Kier molecular flexibility index (Phi) is 6.32. The third-order valence-corrected chi connectivity index (χ3v) is 9.92. The number of likely N-dealkylation sites (N-methyl/N-ethyl adjacent to an activating group) is 1. The van der Waals surface area contributed by atoms with Crippen LogP contribution in [0.25, 0.3) is 0 Å². The summed E-state index contributed by atoms with van der Waals surface area (Å²) in [5.41, 5.74) is 2.05. The number of amides is 1. The number of aromatic hydroxyl groups is 1. The second-order valence-electron chi connectivity index (χ2n) is 9.50. The van der Waals surface area contributed by atoms with Crippen LogP contribution >= 0.6 is 0 Å². The van der Waals surface area contributed by atoms with Gasteiger partial charge in [-0.15, -0.1) is 0 Å². The Morgan fingerprint density at radius 3 is 2.52 bits per heavy atom. The maximum absolute atomic E-state index is 13.0. The molecule has 1 heterocycles. The van der Waals surface area contributed by atoms with Gasteiger partial charge in [-0.3, -0.25) is 4.79 Å². The van der Waals surface area contributed by atoms with E-state index in [1.807, 2.05) is 45.0 Å². The zero-order chi connectivity index (χ0) is 20.6. The van der Waals surface area contributed by atoms with Crippen LogP contribution in [0.5, 0.6) is 5.75 Å². The van der Waals surface area contributed by atoms with E-state index in [0.717, 1.165) is 30.5 Å². The van der Waals surface area contributed by atoms with E-state index in [1.165, 1.54) is 0 Å². The second kappa shape index (κ2) is 7.84. The van der Waals surface area contributed by atoms with Crippen LogP contribution in [0.2, 0.25) is 18.1 Å². The van der Waals surface area contributed by atoms with Gasteiger partial charge >= 0.3 is 0 Å². The smallest absolute Gasteiger partial charge is 0.243 e. The molecule has 152 valence electrons. The summed E-state index contributed by atoms with van der Waals surface area (Å²) in [7, 11) is -0.362. The third-order valence-electron chi connectivity index (χ3n) is 6.35. The predicted molar refractivity (Wildman–Crippen MR) is 114 cm³/mol. The number of anilines is 1. The van der Waals surface area contributed by atoms with E-state index in [9.17, 15) is 14.7 Å². The first kappa shape index (κ1) is 21.8. The van der Waals surface area contributed by atoms with Crippen molar-refractivity contribution in [1.82, 2.24) is 5.32 Å². The van der Waals surface area contributed by atoms with Crippen molar-refractivity contribution < 1.29 is 14.7 Å². The van der Waals surface area contributed by atoms with Crippen LogP contribution in [0.4, 0.5) is 5.69 Å². The number of benzene rings is 1. The molecule has 1 aromatic carbocycles. The van der Waals surface area contributed by atoms with Crippen LogP contribution in [-0.4, -0.2) is 43.3 Å². The molecule has 0 unspecified atom stereocenters. The van der Waals surface area contributed by atoms with Gasteiger partial charge in [-0.1, -0.05) is 33.8 Å². The van der Waals surface area contributed by atoms with Gasteiger partial charge in [0, 0.05) is 24.8 Å². The van der Waals surface area contributed by atoms with Gasteiger partial charge in [0.15, 0.2) is 8.32 Å². The molecule has 27 heavy (non-hydrogen) atoms. The number of rotatable bonds is 5. The van der Waals surface area contributed by atoms with E-state index in [1.54, 1.807) is 12.1 Å². The van der Waals surface area contributed by atoms with E-state index in [2.05, 4.69) is 19.2 Å². The summed E-state index contributed by atoms with van der Waals surface area (Å²) >= 11 is 0. The fourth-order valence-corrected chi connectivity index (χ4v) is 4.50. The van der Waals surface area contributed by atoms with Crippen LogP contribution < -0.4 is 10.2 Å². The maximum Gasteiger partial charge on any atom is 0.243 e. The Morgan fingerprint density at radius 2 is 1.96 bits per heavy atom. The molecule has 1 aliphatic heterocycles. The lowest BCUT2D eigenvalue weighted by molar-refractivity contribution is -0.124. The highest BCUT2D eigenvalue weighted by Gasteiger charge is 2.39. The lowest BCUT2D eigenvalue weighted by Crippen LogP contribution is -2.53. The minimum Gasteiger partial charge on any atom is -0.508 e. The fourth-order valence-electron chi connectivity index (χ4n) is 3.75. The molecule has 1 aliphatic rings. The van der Waals surface area contributed by atoms with Crippen molar-refractivity contribution in [2.24, 2.45) is 5.92 Å². The van der Waals surface area contributed by atoms with E-state index in [-0.39, 0.29) is 34.7 Å². The highest BCUT2D eigenvalue weighted by atomic mass is 28.4. The van der Waals surface area contributed by atoms with Crippen molar-refractivity contribution in [3.8, 4) is 5.75 Å². The first-order valence-electron chi connectivity index (χ1n) is 9.91. The van der Waals surface area contributed by atoms with Crippen molar-refractivity contribution in [2.45, 2.75) is 77.2 Å². The summed E-state index contributed by atoms with van der Waals surface area (Å²) in [6.45, 7) is 12.3. The number of nitrogens with one attached hydrogen (secondary N) is 1. The van der Waals surface area contributed by atoms with E-state index in [0.29, 0.717) is 0 Å². The number of carbonyl (C=O) groups is 1. The highest BCUT2D eigenvalue weighted by molar-refractivity contribution is 6.72. The van der Waals surface area contributed by atoms with Crippen molar-refractivity contribution in [3.63, 3.8) is 0 Å². The third kappa shape index (κ3) is 4.85. The molecular formula is C21H36N2O3Si. The van der Waals surface area contributed by atoms with Crippen molar-refractivity contribution in [3.05, 3.63) is 23.8 Å². The van der Waals surface area contributed by atoms with Crippen molar-refractivity contribution in [1.29, 1.82) is 0 Å². The average molecular weight is 393 g/mol. The van der Waals surface area contributed by atoms with Crippen LogP contribution in [0.15, 0.2) is 18.2 Å². The standard InChI is InChI=1S/C21H36N2O3Si/c1-14(2)19-20(25)22-16(10-11-21(3,4)27(6,7)26)12-15-8-9-17(24)13-18(15)23(19)5/h8-9,13-14,16,19,24,26H,10-12H2,1-7H3,(H,22,25)/t16-,19+/m1/s1. The molecule has 0 fully saturated rings. The fraction of sp³-hybridized carbons (Fsp3) is 0.667. The van der Waals surface area contributed by atoms with Gasteiger partial charge in [-0.2, -0.15) is 0 Å². The number of hydrogen-bond acceptors (Lipinski definition) is 4. The van der Waals surface area contributed by atoms with Gasteiger partial charge in [0.25, 0.3) is 0 Å². The summed E-state index contributed by atoms with van der Waals surface area (Å²) < 4.78 is 0. The molecule has 0 spiro atoms. The van der Waals surface area contributed by atoms with E-state index >= 15 is 0 Å². The Morgan fingerprint density at radius 1 is 1.33 bits per heavy atom. The topological polar surface area (TPSA) is 72.8 Å². The average Bonchev–Trinajstić information content (AvgIpc) is 2.51. The maximum atomic E-state index is 13.0. The minimum absolute atomic E-state index is 0.0198. The lowest BCUT2D eigenvalue weighted by Gasteiger charge is -2.39. The van der Waals surface area contributed by atoms with Crippen LogP contribution in [-0.2, 0) is 11.2 Å². The normalized spacial score (nSPS) is 21.5. The molecule has 0 saturated heterocycles. The van der Waals surface area contributed by atoms with Gasteiger partial charge in [0.05, 0.1) is 0 Å². The molecule has 2 rings (SSSR count). The summed E-state index contributed by atoms with van der Waals surface area (Å²) in [5.74, 6) is 0.392. The molecule has 6 heteroatoms. The van der Waals surface area contributed by atoms with Gasteiger partial charge < -0.3 is 20.1 Å². The molecule has 0 aliphatic carbocycles. The summed E-state index contributed by atoms with van der Waals surface area (Å²) in [6, 6.07) is 5.16. The van der Waals surface area contributed by atoms with Gasteiger partial charge in [-0.25, -0.2) is 0 Å². The molecule has 1 aromatic rings. The van der Waals surface area contributed by atoms with E-state index < -0.39 is 8.32 Å². The Labute approximate surface area is 164 Å². The number of fused-ring (bicyclic) bond motifs is 1. The molecule has 1 amide bonds. The summed E-state index contributed by atoms with van der Waals surface area (Å²) in [6.07, 6.45) is 2.41. The largest absolute Gasteiger partial charge is 0.508 e. The van der Waals surface area contributed by atoms with Gasteiger partial charge in [0.1, 0.15) is 11.8 Å². The highest BCUT2D eigenvalue weighted by Crippen LogP contribution is 2.41. The summed E-state index contributed by atoms with van der Waals surface area (Å²) in [5, 5.41) is 13.1. The number of hydrogen-bond donors (Lipinski definition) is 3. The van der Waals surface area contributed by atoms with Crippen molar-refractivity contribution in [2.75, 3.05) is 11.9 Å². The van der Waals surface area contributed by atoms with Gasteiger partial charge in [0.2, 0.25) is 5.91 Å². The Balaban J connectivity index is 2.33. The predicted octanol–water partition coefficient (Wildman–Crippen LogP) is 3.65. The molecule has 0 bridgehead atoms. The Bertz CT molecular complexity index is 682. The zero-order valence-electron chi connectivity index (χ0n) is 17.8. The molecule has 0 saturated carbocycles. The minimum atomic E-state index is -2.28. The second-order valence-corrected chi connectivity index (χ2v) is 14.0.